The molecule has 0 unspecified atom stereocenters. The number of aromatic nitrogens is 6. The molecule has 0 radical (unpaired) electrons. The van der Waals surface area contributed by atoms with Crippen LogP contribution in [0.1, 0.15) is 38.6 Å². The number of alkyl halides is 4. The molecule has 1 aliphatic heterocycles. The summed E-state index contributed by atoms with van der Waals surface area (Å²) < 4.78 is 63.1. The molecule has 40 heavy (non-hydrogen) atoms. The number of hydrogen-bond donors (Lipinski definition) is 0. The molecule has 8 nitrogen and oxygen atoms in total. The van der Waals surface area contributed by atoms with Gasteiger partial charge in [0.05, 0.1) is 52.7 Å². The predicted molar refractivity (Wildman–Crippen MR) is 146 cm³/mol. The topological polar surface area (TPSA) is 65.8 Å². The molecule has 0 bridgehead atoms. The van der Waals surface area contributed by atoms with Crippen LogP contribution in [0.5, 0.6) is 0 Å². The third kappa shape index (κ3) is 3.91. The third-order valence-electron chi connectivity index (χ3n) is 7.52. The Kier molecular flexibility index (Phi) is 5.53. The van der Waals surface area contributed by atoms with Gasteiger partial charge in [-0.05, 0) is 29.8 Å². The Morgan fingerprint density at radius 2 is 1.68 bits per heavy atom. The molecule has 3 aromatic heterocycles. The second-order valence-electron chi connectivity index (χ2n) is 11.6. The van der Waals surface area contributed by atoms with Crippen molar-refractivity contribution in [2.24, 2.45) is 21.1 Å². The maximum absolute atomic E-state index is 14.5. The summed E-state index contributed by atoms with van der Waals surface area (Å²) in [6.45, 7) is 4.95. The van der Waals surface area contributed by atoms with Gasteiger partial charge in [-0.1, -0.05) is 20.8 Å². The summed E-state index contributed by atoms with van der Waals surface area (Å²) >= 11 is 0. The molecule has 4 heterocycles. The molecule has 0 aliphatic carbocycles. The van der Waals surface area contributed by atoms with Crippen molar-refractivity contribution in [2.75, 3.05) is 18.0 Å². The quantitative estimate of drug-likeness (QED) is 0.282. The first-order chi connectivity index (χ1) is 18.7. The van der Waals surface area contributed by atoms with E-state index in [1.54, 1.807) is 54.8 Å². The highest BCUT2D eigenvalue weighted by Crippen LogP contribution is 2.41. The SMILES string of the molecule is Cn1cc(-c2cc3nc(C(C)(C)C)n(-c4cc(N5CC(F)(F)C5)c5c(c4)n(C)c(=O)n5C)c3cc2C(F)F)cn1. The Morgan fingerprint density at radius 1 is 0.975 bits per heavy atom. The van der Waals surface area contributed by atoms with Crippen molar-refractivity contribution in [3.8, 4) is 16.8 Å². The molecular weight excluding hydrogens is 526 g/mol. The van der Waals surface area contributed by atoms with Crippen LogP contribution >= 0.6 is 0 Å². The minimum atomic E-state index is -2.83. The number of anilines is 1. The van der Waals surface area contributed by atoms with E-state index in [0.29, 0.717) is 50.4 Å². The fraction of sp³-hybridized carbons (Fsp3) is 0.393. The van der Waals surface area contributed by atoms with Crippen molar-refractivity contribution < 1.29 is 17.6 Å². The van der Waals surface area contributed by atoms with Crippen molar-refractivity contribution in [2.45, 2.75) is 38.5 Å². The van der Waals surface area contributed by atoms with Crippen molar-refractivity contribution in [3.63, 3.8) is 0 Å². The lowest BCUT2D eigenvalue weighted by atomic mass is 9.95. The Morgan fingerprint density at radius 3 is 2.25 bits per heavy atom. The predicted octanol–water partition coefficient (Wildman–Crippen LogP) is 5.31. The molecule has 6 rings (SSSR count). The fourth-order valence-electron chi connectivity index (χ4n) is 5.56. The molecule has 0 atom stereocenters. The summed E-state index contributed by atoms with van der Waals surface area (Å²) in [4.78, 5) is 19.3. The molecule has 0 amide bonds. The molecule has 1 saturated heterocycles. The average molecular weight is 556 g/mol. The summed E-state index contributed by atoms with van der Waals surface area (Å²) in [5.74, 6) is -2.23. The van der Waals surface area contributed by atoms with Gasteiger partial charge in [-0.15, -0.1) is 0 Å². The largest absolute Gasteiger partial charge is 0.357 e. The number of rotatable bonds is 4. The molecule has 0 N–H and O–H groups in total. The Hall–Kier alpha value is -4.09. The lowest BCUT2D eigenvalue weighted by Gasteiger charge is -2.41. The second kappa shape index (κ2) is 8.45. The first-order valence-electron chi connectivity index (χ1n) is 12.8. The monoisotopic (exact) mass is 555 g/mol. The van der Waals surface area contributed by atoms with E-state index >= 15 is 0 Å². The highest BCUT2D eigenvalue weighted by Gasteiger charge is 2.45. The van der Waals surface area contributed by atoms with Crippen LogP contribution in [-0.4, -0.2) is 47.5 Å². The summed E-state index contributed by atoms with van der Waals surface area (Å²) in [6, 6.07) is 6.61. The molecule has 210 valence electrons. The number of imidazole rings is 2. The van der Waals surface area contributed by atoms with E-state index in [0.717, 1.165) is 0 Å². The number of aryl methyl sites for hydroxylation is 3. The molecule has 12 heteroatoms. The third-order valence-corrected chi connectivity index (χ3v) is 7.52. The van der Waals surface area contributed by atoms with Crippen LogP contribution in [0.2, 0.25) is 0 Å². The van der Waals surface area contributed by atoms with Gasteiger partial charge in [0.1, 0.15) is 5.82 Å². The van der Waals surface area contributed by atoms with Crippen LogP contribution < -0.4 is 10.6 Å². The molecule has 1 fully saturated rings. The zero-order valence-electron chi connectivity index (χ0n) is 23.0. The smallest absolute Gasteiger partial charge is 0.328 e. The number of nitrogens with zero attached hydrogens (tertiary/aromatic N) is 7. The molecular formula is C28H29F4N7O. The number of halogens is 4. The minimum absolute atomic E-state index is 0.169. The van der Waals surface area contributed by atoms with Crippen LogP contribution in [0.4, 0.5) is 23.2 Å². The summed E-state index contributed by atoms with van der Waals surface area (Å²) in [5.41, 5.74) is 2.95. The molecule has 5 aromatic rings. The van der Waals surface area contributed by atoms with Gasteiger partial charge >= 0.3 is 5.69 Å². The van der Waals surface area contributed by atoms with Crippen LogP contribution in [-0.2, 0) is 26.6 Å². The van der Waals surface area contributed by atoms with Gasteiger partial charge in [0.2, 0.25) is 0 Å². The maximum Gasteiger partial charge on any atom is 0.328 e. The van der Waals surface area contributed by atoms with Crippen molar-refractivity contribution >= 4 is 27.8 Å². The molecule has 2 aromatic carbocycles. The first kappa shape index (κ1) is 26.1. The Labute approximate surface area is 227 Å². The van der Waals surface area contributed by atoms with Crippen molar-refractivity contribution in [1.29, 1.82) is 0 Å². The van der Waals surface area contributed by atoms with E-state index in [-0.39, 0.29) is 11.3 Å². The minimum Gasteiger partial charge on any atom is -0.357 e. The lowest BCUT2D eigenvalue weighted by molar-refractivity contribution is -0.0261. The first-order valence-corrected chi connectivity index (χ1v) is 12.8. The second-order valence-corrected chi connectivity index (χ2v) is 11.6. The zero-order valence-corrected chi connectivity index (χ0v) is 23.0. The van der Waals surface area contributed by atoms with Gasteiger partial charge in [-0.2, -0.15) is 5.10 Å². The van der Waals surface area contributed by atoms with Crippen LogP contribution in [0, 0.1) is 0 Å². The van der Waals surface area contributed by atoms with Gasteiger partial charge in [-0.3, -0.25) is 18.4 Å². The summed E-state index contributed by atoms with van der Waals surface area (Å²) in [6.07, 6.45) is 0.443. The van der Waals surface area contributed by atoms with Gasteiger partial charge in [0.15, 0.2) is 0 Å². The number of fused-ring (bicyclic) bond motifs is 2. The van der Waals surface area contributed by atoms with E-state index < -0.39 is 30.9 Å². The van der Waals surface area contributed by atoms with E-state index in [9.17, 15) is 22.4 Å². The van der Waals surface area contributed by atoms with Crippen molar-refractivity contribution in [3.05, 3.63) is 58.5 Å². The molecule has 0 saturated carbocycles. The molecule has 0 spiro atoms. The Balaban J connectivity index is 1.68. The molecule has 1 aliphatic rings. The van der Waals surface area contributed by atoms with Gasteiger partial charge in [0.25, 0.3) is 12.3 Å². The fourth-order valence-corrected chi connectivity index (χ4v) is 5.56. The number of benzene rings is 2. The standard InChI is InChI=1S/C28H29F4N7O/c1-27(2,3)25-34-19-9-17(15-11-33-35(4)12-15)18(24(29)30)10-20(19)39(25)16-7-21-23(37(6)26(40)36(21)5)22(8-16)38-13-28(31,32)14-38/h7-12,24H,13-14H2,1-6H3. The van der Waals surface area contributed by atoms with Gasteiger partial charge in [-0.25, -0.2) is 27.3 Å². The highest BCUT2D eigenvalue weighted by atomic mass is 19.3. The van der Waals surface area contributed by atoms with Crippen LogP contribution in [0.15, 0.2) is 41.5 Å². The van der Waals surface area contributed by atoms with Gasteiger partial charge < -0.3 is 4.90 Å². The van der Waals surface area contributed by atoms with E-state index in [1.807, 2.05) is 20.8 Å². The van der Waals surface area contributed by atoms with Gasteiger partial charge in [0, 0.05) is 43.9 Å². The summed E-state index contributed by atoms with van der Waals surface area (Å²) in [5, 5.41) is 4.14. The lowest BCUT2D eigenvalue weighted by Crippen LogP contribution is -2.56. The summed E-state index contributed by atoms with van der Waals surface area (Å²) in [7, 11) is 4.94. The van der Waals surface area contributed by atoms with E-state index in [2.05, 4.69) is 5.10 Å². The van der Waals surface area contributed by atoms with Crippen LogP contribution in [0.25, 0.3) is 38.9 Å². The number of hydrogen-bond acceptors (Lipinski definition) is 4. The van der Waals surface area contributed by atoms with Crippen molar-refractivity contribution in [1.82, 2.24) is 28.5 Å². The Bertz CT molecular complexity index is 1860. The maximum atomic E-state index is 14.5. The van der Waals surface area contributed by atoms with E-state index in [1.165, 1.54) is 26.3 Å². The van der Waals surface area contributed by atoms with Crippen LogP contribution in [0.3, 0.4) is 0 Å². The van der Waals surface area contributed by atoms with E-state index in [4.69, 9.17) is 4.98 Å². The normalized spacial score (nSPS) is 15.5. The highest BCUT2D eigenvalue weighted by molar-refractivity contribution is 5.94. The average Bonchev–Trinajstić information content (AvgIpc) is 3.52. The zero-order chi connectivity index (χ0) is 28.9.